The molecule has 1 fully saturated rings. The Labute approximate surface area is 119 Å². The third-order valence-electron chi connectivity index (χ3n) is 4.68. The van der Waals surface area contributed by atoms with Gasteiger partial charge in [-0.05, 0) is 31.4 Å². The molecule has 1 nitrogen and oxygen atoms in total. The molecule has 2 aromatic rings. The standard InChI is InChI=1S/C18H20FN/c1-13-8-9-16(19)15(12-13)17(20)18(10-5-11-18)14-6-3-2-4-7-14/h2-4,6-9,12,17H,5,10-11,20H2,1H3. The quantitative estimate of drug-likeness (QED) is 0.885. The first-order valence-electron chi connectivity index (χ1n) is 7.21. The minimum Gasteiger partial charge on any atom is -0.323 e. The lowest BCUT2D eigenvalue weighted by atomic mass is 9.59. The normalized spacial score (nSPS) is 18.4. The number of halogens is 1. The van der Waals surface area contributed by atoms with Crippen molar-refractivity contribution in [2.45, 2.75) is 37.6 Å². The van der Waals surface area contributed by atoms with E-state index in [1.165, 1.54) is 11.6 Å². The summed E-state index contributed by atoms with van der Waals surface area (Å²) in [7, 11) is 0. The summed E-state index contributed by atoms with van der Waals surface area (Å²) in [6.07, 6.45) is 3.23. The maximum absolute atomic E-state index is 14.1. The van der Waals surface area contributed by atoms with E-state index in [2.05, 4.69) is 12.1 Å². The summed E-state index contributed by atoms with van der Waals surface area (Å²) in [4.78, 5) is 0. The molecule has 0 aromatic heterocycles. The Balaban J connectivity index is 2.03. The van der Waals surface area contributed by atoms with E-state index in [1.54, 1.807) is 6.07 Å². The molecule has 0 radical (unpaired) electrons. The van der Waals surface area contributed by atoms with Crippen molar-refractivity contribution in [3.8, 4) is 0 Å². The molecule has 0 heterocycles. The van der Waals surface area contributed by atoms with Crippen LogP contribution >= 0.6 is 0 Å². The fraction of sp³-hybridized carbons (Fsp3) is 0.333. The molecule has 1 aliphatic carbocycles. The second kappa shape index (κ2) is 5.02. The van der Waals surface area contributed by atoms with E-state index in [4.69, 9.17) is 5.73 Å². The van der Waals surface area contributed by atoms with Crippen LogP contribution in [0.15, 0.2) is 48.5 Å². The number of nitrogens with two attached hydrogens (primary N) is 1. The molecule has 1 atom stereocenters. The largest absolute Gasteiger partial charge is 0.323 e. The van der Waals surface area contributed by atoms with Crippen LogP contribution in [0.4, 0.5) is 4.39 Å². The van der Waals surface area contributed by atoms with Crippen LogP contribution in [0.3, 0.4) is 0 Å². The van der Waals surface area contributed by atoms with Gasteiger partial charge in [0.1, 0.15) is 5.82 Å². The van der Waals surface area contributed by atoms with Crippen molar-refractivity contribution in [3.05, 3.63) is 71.0 Å². The highest BCUT2D eigenvalue weighted by molar-refractivity contribution is 5.37. The van der Waals surface area contributed by atoms with E-state index in [9.17, 15) is 4.39 Å². The van der Waals surface area contributed by atoms with E-state index in [1.807, 2.05) is 31.2 Å². The SMILES string of the molecule is Cc1ccc(F)c(C(N)C2(c3ccccc3)CCC2)c1. The van der Waals surface area contributed by atoms with Crippen LogP contribution in [0.1, 0.15) is 42.0 Å². The molecule has 2 heteroatoms. The van der Waals surface area contributed by atoms with Gasteiger partial charge in [-0.2, -0.15) is 0 Å². The van der Waals surface area contributed by atoms with Gasteiger partial charge in [-0.25, -0.2) is 4.39 Å². The number of aryl methyl sites for hydroxylation is 1. The fourth-order valence-corrected chi connectivity index (χ4v) is 3.31. The molecule has 2 N–H and O–H groups in total. The summed E-state index contributed by atoms with van der Waals surface area (Å²) in [5, 5.41) is 0. The van der Waals surface area contributed by atoms with Gasteiger partial charge < -0.3 is 5.73 Å². The Hall–Kier alpha value is -1.67. The molecule has 0 saturated heterocycles. The van der Waals surface area contributed by atoms with Crippen molar-refractivity contribution < 1.29 is 4.39 Å². The molecule has 0 bridgehead atoms. The van der Waals surface area contributed by atoms with Gasteiger partial charge in [-0.1, -0.05) is 54.4 Å². The van der Waals surface area contributed by atoms with Gasteiger partial charge in [-0.3, -0.25) is 0 Å². The molecular formula is C18H20FN. The van der Waals surface area contributed by atoms with Crippen LogP contribution in [0.25, 0.3) is 0 Å². The molecule has 0 amide bonds. The zero-order chi connectivity index (χ0) is 14.2. The zero-order valence-electron chi connectivity index (χ0n) is 11.8. The molecule has 0 aliphatic heterocycles. The van der Waals surface area contributed by atoms with Crippen molar-refractivity contribution in [1.82, 2.24) is 0 Å². The van der Waals surface area contributed by atoms with Crippen LogP contribution in [-0.4, -0.2) is 0 Å². The molecule has 0 spiro atoms. The summed E-state index contributed by atoms with van der Waals surface area (Å²) >= 11 is 0. The Kier molecular flexibility index (Phi) is 3.35. The highest BCUT2D eigenvalue weighted by atomic mass is 19.1. The maximum Gasteiger partial charge on any atom is 0.128 e. The van der Waals surface area contributed by atoms with Crippen LogP contribution in [-0.2, 0) is 5.41 Å². The molecule has 20 heavy (non-hydrogen) atoms. The predicted molar refractivity (Wildman–Crippen MR) is 80.0 cm³/mol. The first kappa shape index (κ1) is 13.3. The van der Waals surface area contributed by atoms with Gasteiger partial charge in [0.2, 0.25) is 0 Å². The molecule has 2 aromatic carbocycles. The van der Waals surface area contributed by atoms with Crippen LogP contribution in [0, 0.1) is 12.7 Å². The molecule has 3 rings (SSSR count). The first-order chi connectivity index (χ1) is 9.63. The van der Waals surface area contributed by atoms with E-state index in [0.29, 0.717) is 5.56 Å². The van der Waals surface area contributed by atoms with Gasteiger partial charge in [0.15, 0.2) is 0 Å². The lowest BCUT2D eigenvalue weighted by Gasteiger charge is -2.47. The van der Waals surface area contributed by atoms with Crippen LogP contribution in [0.2, 0.25) is 0 Å². The summed E-state index contributed by atoms with van der Waals surface area (Å²) in [5.41, 5.74) is 9.33. The topological polar surface area (TPSA) is 26.0 Å². The van der Waals surface area contributed by atoms with Crippen LogP contribution < -0.4 is 5.73 Å². The summed E-state index contributed by atoms with van der Waals surface area (Å²) in [6.45, 7) is 1.98. The van der Waals surface area contributed by atoms with E-state index < -0.39 is 0 Å². The molecule has 1 aliphatic rings. The Morgan fingerprint density at radius 2 is 1.80 bits per heavy atom. The van der Waals surface area contributed by atoms with E-state index in [-0.39, 0.29) is 17.3 Å². The highest BCUT2D eigenvalue weighted by Gasteiger charge is 2.45. The summed E-state index contributed by atoms with van der Waals surface area (Å²) < 4.78 is 14.1. The number of rotatable bonds is 3. The van der Waals surface area contributed by atoms with Crippen molar-refractivity contribution in [2.24, 2.45) is 5.73 Å². The summed E-state index contributed by atoms with van der Waals surface area (Å²) in [6, 6.07) is 15.3. The Morgan fingerprint density at radius 1 is 1.10 bits per heavy atom. The fourth-order valence-electron chi connectivity index (χ4n) is 3.31. The number of benzene rings is 2. The molecule has 104 valence electrons. The average Bonchev–Trinajstić information content (AvgIpc) is 2.41. The maximum atomic E-state index is 14.1. The van der Waals surface area contributed by atoms with Crippen molar-refractivity contribution in [3.63, 3.8) is 0 Å². The van der Waals surface area contributed by atoms with Crippen molar-refractivity contribution in [1.29, 1.82) is 0 Å². The van der Waals surface area contributed by atoms with Crippen LogP contribution in [0.5, 0.6) is 0 Å². The predicted octanol–water partition coefficient (Wildman–Crippen LogP) is 4.26. The van der Waals surface area contributed by atoms with Crippen molar-refractivity contribution >= 4 is 0 Å². The Bertz CT molecular complexity index is 602. The van der Waals surface area contributed by atoms with E-state index in [0.717, 1.165) is 24.8 Å². The minimum absolute atomic E-state index is 0.101. The van der Waals surface area contributed by atoms with Crippen molar-refractivity contribution in [2.75, 3.05) is 0 Å². The first-order valence-corrected chi connectivity index (χ1v) is 7.21. The third kappa shape index (κ3) is 2.04. The van der Waals surface area contributed by atoms with Gasteiger partial charge in [0.05, 0.1) is 0 Å². The lowest BCUT2D eigenvalue weighted by molar-refractivity contribution is 0.193. The van der Waals surface area contributed by atoms with Gasteiger partial charge in [0.25, 0.3) is 0 Å². The molecular weight excluding hydrogens is 249 g/mol. The Morgan fingerprint density at radius 3 is 2.40 bits per heavy atom. The minimum atomic E-state index is -0.279. The number of hydrogen-bond acceptors (Lipinski definition) is 1. The van der Waals surface area contributed by atoms with Gasteiger partial charge >= 0.3 is 0 Å². The monoisotopic (exact) mass is 269 g/mol. The average molecular weight is 269 g/mol. The van der Waals surface area contributed by atoms with E-state index >= 15 is 0 Å². The smallest absolute Gasteiger partial charge is 0.128 e. The van der Waals surface area contributed by atoms with Gasteiger partial charge in [0, 0.05) is 17.0 Å². The number of hydrogen-bond donors (Lipinski definition) is 1. The lowest BCUT2D eigenvalue weighted by Crippen LogP contribution is -2.44. The van der Waals surface area contributed by atoms with Gasteiger partial charge in [-0.15, -0.1) is 0 Å². The zero-order valence-corrected chi connectivity index (χ0v) is 11.8. The molecule has 1 unspecified atom stereocenters. The second-order valence-corrected chi connectivity index (χ2v) is 5.88. The third-order valence-corrected chi connectivity index (χ3v) is 4.68. The highest BCUT2D eigenvalue weighted by Crippen LogP contribution is 2.51. The second-order valence-electron chi connectivity index (χ2n) is 5.88. The summed E-state index contributed by atoms with van der Waals surface area (Å²) in [5.74, 6) is -0.190. The molecule has 1 saturated carbocycles.